The van der Waals surface area contributed by atoms with Crippen LogP contribution in [-0.4, -0.2) is 28.8 Å². The fourth-order valence-electron chi connectivity index (χ4n) is 2.58. The lowest BCUT2D eigenvalue weighted by Gasteiger charge is -2.20. The average Bonchev–Trinajstić information content (AvgIpc) is 2.75. The molecule has 0 radical (unpaired) electrons. The van der Waals surface area contributed by atoms with Crippen LogP contribution in [0.25, 0.3) is 10.9 Å². The van der Waals surface area contributed by atoms with Gasteiger partial charge in [-0.3, -0.25) is 0 Å². The zero-order valence-electron chi connectivity index (χ0n) is 15.1. The van der Waals surface area contributed by atoms with E-state index in [-0.39, 0.29) is 13.2 Å². The largest absolute Gasteiger partial charge is 0.462 e. The number of fused-ring (bicyclic) bond motifs is 1. The van der Waals surface area contributed by atoms with Crippen LogP contribution in [0.5, 0.6) is 0 Å². The molecule has 2 aromatic rings. The van der Waals surface area contributed by atoms with Gasteiger partial charge in [-0.1, -0.05) is 15.9 Å². The molecule has 0 aliphatic carbocycles. The summed E-state index contributed by atoms with van der Waals surface area (Å²) in [6.07, 6.45) is -0.534. The highest BCUT2D eigenvalue weighted by molar-refractivity contribution is 9.10. The Bertz CT molecular complexity index is 805. The van der Waals surface area contributed by atoms with Crippen molar-refractivity contribution in [1.29, 1.82) is 0 Å². The molecule has 0 bridgehead atoms. The van der Waals surface area contributed by atoms with E-state index in [4.69, 9.17) is 9.47 Å². The summed E-state index contributed by atoms with van der Waals surface area (Å²) in [6, 6.07) is 5.69. The Hall–Kier alpha value is -2.02. The molecule has 0 unspecified atom stereocenters. The van der Waals surface area contributed by atoms with Gasteiger partial charge in [-0.05, 0) is 45.9 Å². The normalized spacial score (nSPS) is 11.4. The Morgan fingerprint density at radius 2 is 1.96 bits per heavy atom. The maximum atomic E-state index is 12.5. The molecule has 0 saturated carbocycles. The van der Waals surface area contributed by atoms with Crippen molar-refractivity contribution in [3.8, 4) is 0 Å². The highest BCUT2D eigenvalue weighted by atomic mass is 79.9. The molecule has 0 fully saturated rings. The second-order valence-corrected chi connectivity index (χ2v) is 7.53. The van der Waals surface area contributed by atoms with Crippen molar-refractivity contribution in [2.75, 3.05) is 6.61 Å². The van der Waals surface area contributed by atoms with E-state index >= 15 is 0 Å². The van der Waals surface area contributed by atoms with E-state index in [1.54, 1.807) is 27.7 Å². The zero-order chi connectivity index (χ0) is 18.8. The van der Waals surface area contributed by atoms with Crippen LogP contribution in [0, 0.1) is 0 Å². The summed E-state index contributed by atoms with van der Waals surface area (Å²) in [5.74, 6) is -0.410. The molecule has 25 heavy (non-hydrogen) atoms. The number of nitrogens with one attached hydrogen (secondary N) is 1. The smallest absolute Gasteiger partial charge is 0.407 e. The molecule has 6 nitrogen and oxygen atoms in total. The Labute approximate surface area is 155 Å². The van der Waals surface area contributed by atoms with E-state index in [1.165, 1.54) is 0 Å². The quantitative estimate of drug-likeness (QED) is 0.768. The van der Waals surface area contributed by atoms with Crippen molar-refractivity contribution in [2.24, 2.45) is 7.05 Å². The molecule has 2 rings (SSSR count). The second kappa shape index (κ2) is 7.47. The highest BCUT2D eigenvalue weighted by Gasteiger charge is 2.23. The van der Waals surface area contributed by atoms with Gasteiger partial charge in [0.1, 0.15) is 5.60 Å². The number of ether oxygens (including phenoxy) is 2. The van der Waals surface area contributed by atoms with Gasteiger partial charge in [0.05, 0.1) is 24.4 Å². The lowest BCUT2D eigenvalue weighted by atomic mass is 10.1. The molecular weight excluding hydrogens is 388 g/mol. The topological polar surface area (TPSA) is 69.6 Å². The third-order valence-corrected chi connectivity index (χ3v) is 4.05. The summed E-state index contributed by atoms with van der Waals surface area (Å²) in [6.45, 7) is 7.59. The molecule has 1 N–H and O–H groups in total. The van der Waals surface area contributed by atoms with E-state index < -0.39 is 17.7 Å². The summed E-state index contributed by atoms with van der Waals surface area (Å²) >= 11 is 3.43. The van der Waals surface area contributed by atoms with E-state index in [2.05, 4.69) is 21.2 Å². The lowest BCUT2D eigenvalue weighted by Crippen LogP contribution is -2.33. The monoisotopic (exact) mass is 410 g/mol. The van der Waals surface area contributed by atoms with Crippen LogP contribution >= 0.6 is 15.9 Å². The zero-order valence-corrected chi connectivity index (χ0v) is 16.7. The standard InChI is InChI=1S/C18H23BrN2O4/c1-6-24-16(22)15-12-9-11(19)7-8-13(12)21(5)14(15)10-20-17(23)25-18(2,3)4/h7-9H,6,10H2,1-5H3,(H,20,23). The Kier molecular flexibility index (Phi) is 5.77. The molecule has 1 heterocycles. The van der Waals surface area contributed by atoms with Crippen molar-refractivity contribution in [3.63, 3.8) is 0 Å². The summed E-state index contributed by atoms with van der Waals surface area (Å²) < 4.78 is 13.2. The number of benzene rings is 1. The molecule has 0 spiro atoms. The number of alkyl carbamates (subject to hydrolysis) is 1. The predicted molar refractivity (Wildman–Crippen MR) is 99.6 cm³/mol. The minimum atomic E-state index is -0.585. The second-order valence-electron chi connectivity index (χ2n) is 6.62. The van der Waals surface area contributed by atoms with Crippen LogP contribution in [0.4, 0.5) is 4.79 Å². The molecule has 0 saturated heterocycles. The van der Waals surface area contributed by atoms with Crippen LogP contribution in [0.3, 0.4) is 0 Å². The van der Waals surface area contributed by atoms with Gasteiger partial charge in [0.15, 0.2) is 0 Å². The maximum Gasteiger partial charge on any atom is 0.407 e. The van der Waals surface area contributed by atoms with E-state index in [1.807, 2.05) is 29.8 Å². The molecule has 136 valence electrons. The number of halogens is 1. The first kappa shape index (κ1) is 19.3. The number of rotatable bonds is 4. The van der Waals surface area contributed by atoms with Crippen molar-refractivity contribution < 1.29 is 19.1 Å². The minimum absolute atomic E-state index is 0.159. The molecule has 1 amide bonds. The number of aromatic nitrogens is 1. The van der Waals surface area contributed by atoms with Crippen molar-refractivity contribution in [1.82, 2.24) is 9.88 Å². The van der Waals surface area contributed by atoms with E-state index in [0.717, 1.165) is 15.4 Å². The van der Waals surface area contributed by atoms with E-state index in [0.29, 0.717) is 11.3 Å². The number of amides is 1. The molecular formula is C18H23BrN2O4. The maximum absolute atomic E-state index is 12.5. The van der Waals surface area contributed by atoms with E-state index in [9.17, 15) is 9.59 Å². The third-order valence-electron chi connectivity index (χ3n) is 3.56. The first-order valence-corrected chi connectivity index (χ1v) is 8.84. The summed E-state index contributed by atoms with van der Waals surface area (Å²) in [4.78, 5) is 24.4. The number of nitrogens with zero attached hydrogens (tertiary/aromatic N) is 1. The number of hydrogen-bond donors (Lipinski definition) is 1. The Balaban J connectivity index is 2.40. The average molecular weight is 411 g/mol. The number of aryl methyl sites for hydroxylation is 1. The summed E-state index contributed by atoms with van der Waals surface area (Å²) in [5, 5.41) is 3.48. The van der Waals surface area contributed by atoms with Gasteiger partial charge in [-0.2, -0.15) is 0 Å². The molecule has 7 heteroatoms. The van der Waals surface area contributed by atoms with Gasteiger partial charge in [0.2, 0.25) is 0 Å². The lowest BCUT2D eigenvalue weighted by molar-refractivity contribution is 0.0502. The number of esters is 1. The van der Waals surface area contributed by atoms with Crippen molar-refractivity contribution in [3.05, 3.63) is 33.9 Å². The van der Waals surface area contributed by atoms with Gasteiger partial charge < -0.3 is 19.4 Å². The van der Waals surface area contributed by atoms with Crippen molar-refractivity contribution >= 4 is 38.9 Å². The number of carbonyl (C=O) groups is 2. The Morgan fingerprint density at radius 3 is 2.56 bits per heavy atom. The van der Waals surface area contributed by atoms with Crippen molar-refractivity contribution in [2.45, 2.75) is 39.8 Å². The van der Waals surface area contributed by atoms with Gasteiger partial charge in [0.25, 0.3) is 0 Å². The molecule has 1 aromatic carbocycles. The molecule has 0 aliphatic rings. The summed E-state index contributed by atoms with van der Waals surface area (Å²) in [5.41, 5.74) is 1.42. The first-order chi connectivity index (χ1) is 11.6. The predicted octanol–water partition coefficient (Wildman–Crippen LogP) is 4.14. The fourth-order valence-corrected chi connectivity index (χ4v) is 2.94. The number of hydrogen-bond acceptors (Lipinski definition) is 4. The molecule has 0 aliphatic heterocycles. The van der Waals surface area contributed by atoms with Crippen LogP contribution in [0.1, 0.15) is 43.7 Å². The van der Waals surface area contributed by atoms with Gasteiger partial charge >= 0.3 is 12.1 Å². The minimum Gasteiger partial charge on any atom is -0.462 e. The Morgan fingerprint density at radius 1 is 1.28 bits per heavy atom. The fraction of sp³-hybridized carbons (Fsp3) is 0.444. The van der Waals surface area contributed by atoms with Gasteiger partial charge in [-0.25, -0.2) is 9.59 Å². The van der Waals surface area contributed by atoms with Crippen LogP contribution in [0.2, 0.25) is 0 Å². The first-order valence-electron chi connectivity index (χ1n) is 8.04. The van der Waals surface area contributed by atoms with Crippen LogP contribution < -0.4 is 5.32 Å². The molecule has 0 atom stereocenters. The van der Waals surface area contributed by atoms with Crippen LogP contribution in [-0.2, 0) is 23.1 Å². The SMILES string of the molecule is CCOC(=O)c1c(CNC(=O)OC(C)(C)C)n(C)c2ccc(Br)cc12. The third kappa shape index (κ3) is 4.54. The highest BCUT2D eigenvalue weighted by Crippen LogP contribution is 2.29. The molecule has 1 aromatic heterocycles. The van der Waals surface area contributed by atoms with Crippen LogP contribution in [0.15, 0.2) is 22.7 Å². The number of carbonyl (C=O) groups excluding carboxylic acids is 2. The van der Waals surface area contributed by atoms with Gasteiger partial charge in [-0.15, -0.1) is 0 Å². The van der Waals surface area contributed by atoms with Gasteiger partial charge in [0, 0.05) is 22.4 Å². The summed E-state index contributed by atoms with van der Waals surface area (Å²) in [7, 11) is 1.85.